The van der Waals surface area contributed by atoms with Gasteiger partial charge in [-0.2, -0.15) is 0 Å². The summed E-state index contributed by atoms with van der Waals surface area (Å²) < 4.78 is 0. The molecule has 1 aliphatic heterocycles. The Labute approximate surface area is 141 Å². The van der Waals surface area contributed by atoms with Crippen molar-refractivity contribution in [3.05, 3.63) is 0 Å². The molecule has 2 saturated carbocycles. The fraction of sp³-hybridized carbons (Fsp3) is 0.941. The fourth-order valence-electron chi connectivity index (χ4n) is 4.77. The average molecular weight is 330 g/mol. The highest BCUT2D eigenvalue weighted by atomic mass is 35.5. The summed E-state index contributed by atoms with van der Waals surface area (Å²) in [5.41, 5.74) is 6.17. The van der Waals surface area contributed by atoms with E-state index in [9.17, 15) is 4.79 Å². The predicted octanol–water partition coefficient (Wildman–Crippen LogP) is 2.02. The number of carbonyl (C=O) groups is 1. The highest BCUT2D eigenvalue weighted by Crippen LogP contribution is 2.37. The molecule has 5 heteroatoms. The molecule has 0 spiro atoms. The average Bonchev–Trinajstić information content (AvgIpc) is 2.97. The lowest BCUT2D eigenvalue weighted by Gasteiger charge is -2.35. The van der Waals surface area contributed by atoms with Crippen molar-refractivity contribution in [2.75, 3.05) is 19.6 Å². The van der Waals surface area contributed by atoms with Gasteiger partial charge in [-0.1, -0.05) is 26.7 Å². The molecular formula is C17H32ClN3O. The molecule has 3 N–H and O–H groups in total. The predicted molar refractivity (Wildman–Crippen MR) is 92.0 cm³/mol. The first-order valence-electron chi connectivity index (χ1n) is 8.82. The first-order chi connectivity index (χ1) is 10.0. The normalized spacial score (nSPS) is 41.8. The fourth-order valence-corrected chi connectivity index (χ4v) is 4.77. The molecule has 6 unspecified atom stereocenters. The van der Waals surface area contributed by atoms with Crippen LogP contribution in [0.1, 0.15) is 46.0 Å². The van der Waals surface area contributed by atoms with E-state index in [1.54, 1.807) is 0 Å². The van der Waals surface area contributed by atoms with Gasteiger partial charge in [0.2, 0.25) is 5.91 Å². The van der Waals surface area contributed by atoms with E-state index in [-0.39, 0.29) is 18.3 Å². The highest BCUT2D eigenvalue weighted by Gasteiger charge is 2.41. The first-order valence-corrected chi connectivity index (χ1v) is 8.82. The second-order valence-electron chi connectivity index (χ2n) is 7.80. The van der Waals surface area contributed by atoms with Crippen LogP contribution in [0.15, 0.2) is 0 Å². The molecular weight excluding hydrogens is 298 g/mol. The standard InChI is InChI=1S/C17H31N3O.ClH/c1-11-4-3-5-16(12(11)2)19-17(21)10-20-8-13-6-7-15(18)14(13)9-20;/h11-16H,3-10,18H2,1-2H3,(H,19,21);1H. The van der Waals surface area contributed by atoms with Crippen LogP contribution in [-0.4, -0.2) is 42.5 Å². The highest BCUT2D eigenvalue weighted by molar-refractivity contribution is 5.85. The number of amides is 1. The third-order valence-corrected chi connectivity index (χ3v) is 6.41. The summed E-state index contributed by atoms with van der Waals surface area (Å²) in [6.07, 6.45) is 6.13. The molecule has 3 fully saturated rings. The molecule has 0 aromatic carbocycles. The largest absolute Gasteiger partial charge is 0.352 e. The molecule has 128 valence electrons. The van der Waals surface area contributed by atoms with Crippen molar-refractivity contribution in [2.45, 2.75) is 58.0 Å². The van der Waals surface area contributed by atoms with Crippen molar-refractivity contribution in [2.24, 2.45) is 29.4 Å². The van der Waals surface area contributed by atoms with Crippen molar-refractivity contribution in [3.63, 3.8) is 0 Å². The van der Waals surface area contributed by atoms with Gasteiger partial charge in [-0.3, -0.25) is 9.69 Å². The monoisotopic (exact) mass is 329 g/mol. The van der Waals surface area contributed by atoms with E-state index < -0.39 is 0 Å². The minimum absolute atomic E-state index is 0. The zero-order valence-corrected chi connectivity index (χ0v) is 14.8. The number of hydrogen-bond acceptors (Lipinski definition) is 3. The van der Waals surface area contributed by atoms with Crippen molar-refractivity contribution in [3.8, 4) is 0 Å². The second kappa shape index (κ2) is 7.50. The summed E-state index contributed by atoms with van der Waals surface area (Å²) in [5.74, 6) is 2.92. The van der Waals surface area contributed by atoms with E-state index in [4.69, 9.17) is 5.73 Å². The van der Waals surface area contributed by atoms with Gasteiger partial charge >= 0.3 is 0 Å². The molecule has 0 aromatic rings. The molecule has 1 amide bonds. The van der Waals surface area contributed by atoms with Crippen molar-refractivity contribution < 1.29 is 4.79 Å². The van der Waals surface area contributed by atoms with Gasteiger partial charge in [0.25, 0.3) is 0 Å². The van der Waals surface area contributed by atoms with Crippen LogP contribution < -0.4 is 11.1 Å². The number of fused-ring (bicyclic) bond motifs is 1. The van der Waals surface area contributed by atoms with Gasteiger partial charge in [0.05, 0.1) is 6.54 Å². The van der Waals surface area contributed by atoms with Crippen LogP contribution >= 0.6 is 12.4 Å². The summed E-state index contributed by atoms with van der Waals surface area (Å²) in [4.78, 5) is 14.7. The molecule has 2 aliphatic carbocycles. The first kappa shape index (κ1) is 18.0. The lowest BCUT2D eigenvalue weighted by atomic mass is 9.78. The molecule has 22 heavy (non-hydrogen) atoms. The lowest BCUT2D eigenvalue weighted by Crippen LogP contribution is -2.47. The van der Waals surface area contributed by atoms with Crippen LogP contribution in [0.2, 0.25) is 0 Å². The van der Waals surface area contributed by atoms with Crippen molar-refractivity contribution in [1.82, 2.24) is 10.2 Å². The van der Waals surface area contributed by atoms with Crippen LogP contribution in [0.3, 0.4) is 0 Å². The van der Waals surface area contributed by atoms with Gasteiger partial charge < -0.3 is 11.1 Å². The Morgan fingerprint density at radius 1 is 1.18 bits per heavy atom. The lowest BCUT2D eigenvalue weighted by molar-refractivity contribution is -0.123. The van der Waals surface area contributed by atoms with Crippen LogP contribution in [0, 0.1) is 23.7 Å². The van der Waals surface area contributed by atoms with E-state index in [1.165, 1.54) is 25.7 Å². The van der Waals surface area contributed by atoms with Crippen LogP contribution in [0.25, 0.3) is 0 Å². The molecule has 1 saturated heterocycles. The Hall–Kier alpha value is -0.320. The number of nitrogens with one attached hydrogen (secondary N) is 1. The zero-order chi connectivity index (χ0) is 15.0. The summed E-state index contributed by atoms with van der Waals surface area (Å²) in [7, 11) is 0. The van der Waals surface area contributed by atoms with Crippen molar-refractivity contribution in [1.29, 1.82) is 0 Å². The molecule has 4 nitrogen and oxygen atoms in total. The molecule has 3 aliphatic rings. The van der Waals surface area contributed by atoms with Crippen LogP contribution in [-0.2, 0) is 4.79 Å². The van der Waals surface area contributed by atoms with Gasteiger partial charge in [0, 0.05) is 25.2 Å². The van der Waals surface area contributed by atoms with Crippen LogP contribution in [0.4, 0.5) is 0 Å². The Kier molecular flexibility index (Phi) is 6.14. The molecule has 0 aromatic heterocycles. The maximum absolute atomic E-state index is 12.3. The zero-order valence-electron chi connectivity index (χ0n) is 14.0. The van der Waals surface area contributed by atoms with Gasteiger partial charge in [-0.05, 0) is 42.9 Å². The number of rotatable bonds is 3. The Morgan fingerprint density at radius 3 is 2.68 bits per heavy atom. The van der Waals surface area contributed by atoms with E-state index in [0.717, 1.165) is 31.3 Å². The van der Waals surface area contributed by atoms with Gasteiger partial charge in [-0.15, -0.1) is 12.4 Å². The Balaban J connectivity index is 0.00000176. The quantitative estimate of drug-likeness (QED) is 0.833. The molecule has 1 heterocycles. The van der Waals surface area contributed by atoms with E-state index in [0.29, 0.717) is 30.5 Å². The number of halogens is 1. The van der Waals surface area contributed by atoms with Crippen LogP contribution in [0.5, 0.6) is 0 Å². The van der Waals surface area contributed by atoms with Gasteiger partial charge in [0.15, 0.2) is 0 Å². The van der Waals surface area contributed by atoms with E-state index in [1.807, 2.05) is 0 Å². The maximum atomic E-state index is 12.3. The molecule has 3 rings (SSSR count). The third-order valence-electron chi connectivity index (χ3n) is 6.41. The minimum Gasteiger partial charge on any atom is -0.352 e. The van der Waals surface area contributed by atoms with Crippen molar-refractivity contribution >= 4 is 18.3 Å². The molecule has 0 bridgehead atoms. The Bertz CT molecular complexity index is 392. The summed E-state index contributed by atoms with van der Waals surface area (Å²) in [5, 5.41) is 3.29. The van der Waals surface area contributed by atoms with Gasteiger partial charge in [0.1, 0.15) is 0 Å². The second-order valence-corrected chi connectivity index (χ2v) is 7.80. The Morgan fingerprint density at radius 2 is 1.95 bits per heavy atom. The smallest absolute Gasteiger partial charge is 0.234 e. The molecule has 6 atom stereocenters. The topological polar surface area (TPSA) is 58.4 Å². The van der Waals surface area contributed by atoms with E-state index >= 15 is 0 Å². The van der Waals surface area contributed by atoms with Gasteiger partial charge in [-0.25, -0.2) is 0 Å². The number of likely N-dealkylation sites (tertiary alicyclic amines) is 1. The maximum Gasteiger partial charge on any atom is 0.234 e. The summed E-state index contributed by atoms with van der Waals surface area (Å²) >= 11 is 0. The number of nitrogens with two attached hydrogens (primary N) is 1. The summed E-state index contributed by atoms with van der Waals surface area (Å²) in [6.45, 7) is 7.26. The van der Waals surface area contributed by atoms with E-state index in [2.05, 4.69) is 24.1 Å². The minimum atomic E-state index is 0. The number of nitrogens with zero attached hydrogens (tertiary/aromatic N) is 1. The number of carbonyl (C=O) groups excluding carboxylic acids is 1. The molecule has 0 radical (unpaired) electrons. The summed E-state index contributed by atoms with van der Waals surface area (Å²) in [6, 6.07) is 0.743. The third kappa shape index (κ3) is 3.77. The number of hydrogen-bond donors (Lipinski definition) is 2. The SMILES string of the molecule is CC1CCCC(NC(=O)CN2CC3CCC(N)C3C2)C1C.Cl.